The molecule has 0 saturated heterocycles. The molecule has 8 atom stereocenters. The summed E-state index contributed by atoms with van der Waals surface area (Å²) in [4.78, 5) is 23.3. The van der Waals surface area contributed by atoms with Crippen LogP contribution in [0.5, 0.6) is 0 Å². The van der Waals surface area contributed by atoms with Crippen molar-refractivity contribution in [2.45, 2.75) is 242 Å². The lowest BCUT2D eigenvalue weighted by atomic mass is 9.85. The number of aliphatic hydroxyl groups is 7. The van der Waals surface area contributed by atoms with Gasteiger partial charge in [-0.15, -0.1) is 0 Å². The van der Waals surface area contributed by atoms with E-state index in [4.69, 9.17) is 9.05 Å². The maximum absolute atomic E-state index is 12.9. The molecule has 0 aromatic rings. The van der Waals surface area contributed by atoms with Gasteiger partial charge in [-0.25, -0.2) is 4.57 Å². The molecule has 0 aliphatic heterocycles. The zero-order valence-corrected chi connectivity index (χ0v) is 36.9. The predicted molar refractivity (Wildman–Crippen MR) is 229 cm³/mol. The Morgan fingerprint density at radius 1 is 0.603 bits per heavy atom. The molecule has 13 nitrogen and oxygen atoms in total. The van der Waals surface area contributed by atoms with Crippen molar-refractivity contribution >= 4 is 13.7 Å². The van der Waals surface area contributed by atoms with E-state index in [0.29, 0.717) is 12.8 Å². The molecule has 1 saturated carbocycles. The lowest BCUT2D eigenvalue weighted by Crippen LogP contribution is -2.64. The molecule has 1 aliphatic rings. The molecule has 9 N–H and O–H groups in total. The number of phosphoric ester groups is 1. The Labute approximate surface area is 350 Å². The van der Waals surface area contributed by atoms with Crippen LogP contribution in [0.1, 0.15) is 187 Å². The summed E-state index contributed by atoms with van der Waals surface area (Å²) in [5.74, 6) is -0.605. The molecule has 1 aliphatic carbocycles. The second-order valence-corrected chi connectivity index (χ2v) is 17.8. The summed E-state index contributed by atoms with van der Waals surface area (Å²) in [6, 6.07) is -1.25. The van der Waals surface area contributed by atoms with Crippen molar-refractivity contribution in [3.63, 3.8) is 0 Å². The molecule has 342 valence electrons. The normalized spacial score (nSPS) is 24.0. The zero-order chi connectivity index (χ0) is 43.0. The van der Waals surface area contributed by atoms with Crippen molar-refractivity contribution in [1.29, 1.82) is 0 Å². The third-order valence-electron chi connectivity index (χ3n) is 11.0. The fourth-order valence-electron chi connectivity index (χ4n) is 7.26. The summed E-state index contributed by atoms with van der Waals surface area (Å²) in [7, 11) is -5.14. The van der Waals surface area contributed by atoms with Crippen LogP contribution in [0.4, 0.5) is 0 Å². The van der Waals surface area contributed by atoms with Gasteiger partial charge in [0, 0.05) is 0 Å². The minimum absolute atomic E-state index is 0.251. The average Bonchev–Trinajstić information content (AvgIpc) is 3.19. The number of hydrogen-bond acceptors (Lipinski definition) is 11. The van der Waals surface area contributed by atoms with Gasteiger partial charge in [0.1, 0.15) is 36.6 Å². The zero-order valence-electron chi connectivity index (χ0n) is 36.0. The molecule has 0 aromatic carbocycles. The summed E-state index contributed by atoms with van der Waals surface area (Å²) in [5.41, 5.74) is 0. The number of allylic oxidation sites excluding steroid dienone is 3. The van der Waals surface area contributed by atoms with Gasteiger partial charge in [-0.1, -0.05) is 173 Å². The molecule has 0 heterocycles. The van der Waals surface area contributed by atoms with Crippen LogP contribution in [0.2, 0.25) is 0 Å². The highest BCUT2D eigenvalue weighted by Crippen LogP contribution is 2.47. The second kappa shape index (κ2) is 34.4. The number of rotatable bonds is 37. The molecule has 58 heavy (non-hydrogen) atoms. The first kappa shape index (κ1) is 54.8. The van der Waals surface area contributed by atoms with Gasteiger partial charge < -0.3 is 46.0 Å². The van der Waals surface area contributed by atoms with Crippen LogP contribution < -0.4 is 5.32 Å². The van der Waals surface area contributed by atoms with E-state index >= 15 is 0 Å². The van der Waals surface area contributed by atoms with Gasteiger partial charge in [0.05, 0.1) is 31.3 Å². The maximum atomic E-state index is 12.9. The van der Waals surface area contributed by atoms with E-state index in [1.54, 1.807) is 6.08 Å². The maximum Gasteiger partial charge on any atom is 0.472 e. The Morgan fingerprint density at radius 2 is 1.02 bits per heavy atom. The monoisotopic (exact) mass is 850 g/mol. The van der Waals surface area contributed by atoms with Crippen molar-refractivity contribution in [3.8, 4) is 0 Å². The van der Waals surface area contributed by atoms with Gasteiger partial charge in [-0.05, 0) is 32.1 Å². The number of unbranched alkanes of at least 4 members (excludes halogenated alkanes) is 22. The summed E-state index contributed by atoms with van der Waals surface area (Å²) in [6.07, 6.45) is 23.0. The van der Waals surface area contributed by atoms with Crippen LogP contribution in [-0.2, 0) is 18.4 Å². The molecule has 14 heteroatoms. The molecule has 0 radical (unpaired) electrons. The number of phosphoric acid groups is 1. The first-order chi connectivity index (χ1) is 27.8. The largest absolute Gasteiger partial charge is 0.472 e. The van der Waals surface area contributed by atoms with Gasteiger partial charge in [-0.2, -0.15) is 0 Å². The predicted octanol–water partition coefficient (Wildman–Crippen LogP) is 7.20. The fourth-order valence-corrected chi connectivity index (χ4v) is 8.22. The molecule has 8 unspecified atom stereocenters. The third-order valence-corrected chi connectivity index (χ3v) is 12.0. The van der Waals surface area contributed by atoms with Gasteiger partial charge in [0.15, 0.2) is 0 Å². The first-order valence-electron chi connectivity index (χ1n) is 22.9. The first-order valence-corrected chi connectivity index (χ1v) is 24.4. The van der Waals surface area contributed by atoms with Crippen molar-refractivity contribution in [1.82, 2.24) is 5.32 Å². The van der Waals surface area contributed by atoms with E-state index in [9.17, 15) is 50.0 Å². The SMILES string of the molecule is CCCCCCCCCCCCCCCC/C=C/CC/C=C/C(O)C(COP(=O)(O)OC1C(O)C(O)C(O)C(O)C1O)NC(=O)CC(O)CCCCCCCCCC. The lowest BCUT2D eigenvalue weighted by molar-refractivity contribution is -0.220. The van der Waals surface area contributed by atoms with Crippen LogP contribution in [0.3, 0.4) is 0 Å². The van der Waals surface area contributed by atoms with Gasteiger partial charge >= 0.3 is 7.82 Å². The van der Waals surface area contributed by atoms with E-state index in [0.717, 1.165) is 44.9 Å². The number of nitrogens with one attached hydrogen (secondary N) is 1. The fraction of sp³-hybridized carbons (Fsp3) is 0.886. The molecule has 1 rings (SSSR count). The van der Waals surface area contributed by atoms with Crippen LogP contribution in [0.25, 0.3) is 0 Å². The van der Waals surface area contributed by atoms with Crippen LogP contribution in [0, 0.1) is 0 Å². The van der Waals surface area contributed by atoms with Crippen molar-refractivity contribution in [3.05, 3.63) is 24.3 Å². The number of hydrogen-bond donors (Lipinski definition) is 9. The summed E-state index contributed by atoms with van der Waals surface area (Å²) in [5, 5.41) is 74.2. The van der Waals surface area contributed by atoms with E-state index in [1.165, 1.54) is 115 Å². The minimum atomic E-state index is -5.14. The molecular weight excluding hydrogens is 765 g/mol. The Bertz CT molecular complexity index is 1100. The topological polar surface area (TPSA) is 226 Å². The summed E-state index contributed by atoms with van der Waals surface area (Å²) in [6.45, 7) is 3.69. The van der Waals surface area contributed by atoms with Crippen LogP contribution in [-0.4, -0.2) is 108 Å². The quantitative estimate of drug-likeness (QED) is 0.0172. The number of carbonyl (C=O) groups is 1. The summed E-state index contributed by atoms with van der Waals surface area (Å²) >= 11 is 0. The lowest BCUT2D eigenvalue weighted by Gasteiger charge is -2.41. The highest BCUT2D eigenvalue weighted by molar-refractivity contribution is 7.47. The van der Waals surface area contributed by atoms with E-state index in [2.05, 4.69) is 31.3 Å². The molecular formula is C44H84NO12P. The minimum Gasteiger partial charge on any atom is -0.393 e. The molecule has 0 aromatic heterocycles. The average molecular weight is 850 g/mol. The van der Waals surface area contributed by atoms with Crippen molar-refractivity contribution in [2.24, 2.45) is 0 Å². The number of aliphatic hydroxyl groups excluding tert-OH is 7. The smallest absolute Gasteiger partial charge is 0.393 e. The summed E-state index contributed by atoms with van der Waals surface area (Å²) < 4.78 is 22.8. The van der Waals surface area contributed by atoms with Gasteiger partial charge in [-0.3, -0.25) is 13.8 Å². The van der Waals surface area contributed by atoms with Gasteiger partial charge in [0.25, 0.3) is 0 Å². The standard InChI is InChI=1S/C44H84NO12P/c1-3-5-7-9-11-13-14-15-16-17-18-19-20-21-22-23-24-26-28-30-32-37(47)36(45-38(48)33-35(46)31-29-27-25-12-10-8-6-4-2)34-56-58(54,55)57-44-42(52)40(50)39(49)41(51)43(44)53/h23-24,30,32,35-37,39-44,46-47,49-53H,3-22,25-29,31,33-34H2,1-2H3,(H,45,48)(H,54,55)/b24-23+,32-30+. The molecule has 1 fully saturated rings. The Hall–Kier alpha value is -1.22. The molecule has 1 amide bonds. The van der Waals surface area contributed by atoms with Gasteiger partial charge in [0.2, 0.25) is 5.91 Å². The Balaban J connectivity index is 2.55. The highest BCUT2D eigenvalue weighted by Gasteiger charge is 2.51. The van der Waals surface area contributed by atoms with E-state index in [1.807, 2.05) is 0 Å². The number of carbonyl (C=O) groups excluding carboxylic acids is 1. The Kier molecular flexibility index (Phi) is 32.5. The van der Waals surface area contributed by atoms with E-state index < -0.39 is 75.2 Å². The molecule has 0 spiro atoms. The van der Waals surface area contributed by atoms with E-state index in [-0.39, 0.29) is 6.42 Å². The highest BCUT2D eigenvalue weighted by atomic mass is 31.2. The second-order valence-electron chi connectivity index (χ2n) is 16.4. The van der Waals surface area contributed by atoms with Crippen LogP contribution in [0.15, 0.2) is 24.3 Å². The van der Waals surface area contributed by atoms with Crippen molar-refractivity contribution < 1.29 is 59.0 Å². The third kappa shape index (κ3) is 26.2. The van der Waals surface area contributed by atoms with Crippen molar-refractivity contribution in [2.75, 3.05) is 6.61 Å². The Morgan fingerprint density at radius 3 is 1.52 bits per heavy atom. The number of amides is 1. The molecule has 0 bridgehead atoms. The van der Waals surface area contributed by atoms with Crippen LogP contribution >= 0.6 is 7.82 Å².